The van der Waals surface area contributed by atoms with Gasteiger partial charge in [0.2, 0.25) is 15.9 Å². The standard InChI is InChI=1S/C12H15F2N3O3S/c13-9-5-8(15)6-10(11(9)14)21(19,20)17-3-1-7(2-4-17)12(16)18/h5-7H,1-4,15H2,(H2,16,18). The van der Waals surface area contributed by atoms with Gasteiger partial charge in [0, 0.05) is 24.7 Å². The highest BCUT2D eigenvalue weighted by Gasteiger charge is 2.33. The van der Waals surface area contributed by atoms with Crippen LogP contribution in [0, 0.1) is 17.6 Å². The van der Waals surface area contributed by atoms with E-state index in [1.807, 2.05) is 0 Å². The smallest absolute Gasteiger partial charge is 0.246 e. The number of amides is 1. The molecule has 1 aromatic carbocycles. The molecule has 0 radical (unpaired) electrons. The fourth-order valence-corrected chi connectivity index (χ4v) is 3.87. The van der Waals surface area contributed by atoms with Crippen LogP contribution in [0.15, 0.2) is 17.0 Å². The first-order chi connectivity index (χ1) is 9.73. The Balaban J connectivity index is 2.30. The molecular weight excluding hydrogens is 304 g/mol. The number of hydrogen-bond acceptors (Lipinski definition) is 4. The fraction of sp³-hybridized carbons (Fsp3) is 0.417. The topological polar surface area (TPSA) is 106 Å². The summed E-state index contributed by atoms with van der Waals surface area (Å²) in [5, 5.41) is 0. The molecule has 0 spiro atoms. The van der Waals surface area contributed by atoms with Gasteiger partial charge in [-0.25, -0.2) is 17.2 Å². The van der Waals surface area contributed by atoms with Gasteiger partial charge < -0.3 is 11.5 Å². The minimum absolute atomic E-state index is 0.0196. The van der Waals surface area contributed by atoms with E-state index in [4.69, 9.17) is 11.5 Å². The molecule has 1 aliphatic heterocycles. The molecule has 0 unspecified atom stereocenters. The number of sulfonamides is 1. The average Bonchev–Trinajstić information content (AvgIpc) is 2.42. The second kappa shape index (κ2) is 5.57. The second-order valence-corrected chi connectivity index (χ2v) is 6.80. The summed E-state index contributed by atoms with van der Waals surface area (Å²) >= 11 is 0. The van der Waals surface area contributed by atoms with Crippen LogP contribution in [0.1, 0.15) is 12.8 Å². The number of benzene rings is 1. The van der Waals surface area contributed by atoms with Crippen LogP contribution in [0.5, 0.6) is 0 Å². The molecule has 1 saturated heterocycles. The summed E-state index contributed by atoms with van der Waals surface area (Å²) in [5.74, 6) is -3.67. The third kappa shape index (κ3) is 2.98. The Labute approximate surface area is 120 Å². The number of hydrogen-bond donors (Lipinski definition) is 2. The Morgan fingerprint density at radius 3 is 2.33 bits per heavy atom. The molecular formula is C12H15F2N3O3S. The second-order valence-electron chi connectivity index (χ2n) is 4.90. The van der Waals surface area contributed by atoms with Crippen LogP contribution < -0.4 is 11.5 Å². The number of nitrogen functional groups attached to an aromatic ring is 1. The van der Waals surface area contributed by atoms with Crippen LogP contribution in [0.4, 0.5) is 14.5 Å². The predicted octanol–water partition coefficient (Wildman–Crippen LogP) is 0.433. The molecule has 0 aliphatic carbocycles. The van der Waals surface area contributed by atoms with E-state index in [0.29, 0.717) is 6.07 Å². The van der Waals surface area contributed by atoms with E-state index in [2.05, 4.69) is 0 Å². The Hall–Kier alpha value is -1.74. The third-order valence-electron chi connectivity index (χ3n) is 3.49. The van der Waals surface area contributed by atoms with E-state index in [-0.39, 0.29) is 31.6 Å². The lowest BCUT2D eigenvalue weighted by Gasteiger charge is -2.29. The van der Waals surface area contributed by atoms with Crippen molar-refractivity contribution in [2.75, 3.05) is 18.8 Å². The summed E-state index contributed by atoms with van der Waals surface area (Å²) in [7, 11) is -4.20. The van der Waals surface area contributed by atoms with Gasteiger partial charge in [-0.3, -0.25) is 4.79 Å². The van der Waals surface area contributed by atoms with E-state index < -0.39 is 38.4 Å². The van der Waals surface area contributed by atoms with Gasteiger partial charge in [-0.05, 0) is 25.0 Å². The maximum absolute atomic E-state index is 13.7. The average molecular weight is 319 g/mol. The molecule has 6 nitrogen and oxygen atoms in total. The van der Waals surface area contributed by atoms with Crippen LogP contribution >= 0.6 is 0 Å². The van der Waals surface area contributed by atoms with Crippen molar-refractivity contribution in [2.24, 2.45) is 11.7 Å². The van der Waals surface area contributed by atoms with E-state index in [0.717, 1.165) is 10.4 Å². The zero-order valence-corrected chi connectivity index (χ0v) is 11.9. The largest absolute Gasteiger partial charge is 0.399 e. The Kier molecular flexibility index (Phi) is 4.15. The molecule has 1 aliphatic rings. The summed E-state index contributed by atoms with van der Waals surface area (Å²) in [6.45, 7) is 0.0393. The van der Waals surface area contributed by atoms with Crippen molar-refractivity contribution in [1.29, 1.82) is 0 Å². The molecule has 0 saturated carbocycles. The minimum atomic E-state index is -4.20. The summed E-state index contributed by atoms with van der Waals surface area (Å²) in [5.41, 5.74) is 10.3. The van der Waals surface area contributed by atoms with Gasteiger partial charge in [-0.2, -0.15) is 4.31 Å². The van der Waals surface area contributed by atoms with Crippen molar-refractivity contribution in [3.63, 3.8) is 0 Å². The van der Waals surface area contributed by atoms with Gasteiger partial charge in [0.05, 0.1) is 0 Å². The van der Waals surface area contributed by atoms with Gasteiger partial charge >= 0.3 is 0 Å². The SMILES string of the molecule is NC(=O)C1CCN(S(=O)(=O)c2cc(N)cc(F)c2F)CC1. The van der Waals surface area contributed by atoms with Crippen molar-refractivity contribution in [3.05, 3.63) is 23.8 Å². The van der Waals surface area contributed by atoms with Crippen molar-refractivity contribution < 1.29 is 22.0 Å². The van der Waals surface area contributed by atoms with Crippen LogP contribution in [-0.4, -0.2) is 31.7 Å². The number of piperidine rings is 1. The highest BCUT2D eigenvalue weighted by molar-refractivity contribution is 7.89. The predicted molar refractivity (Wildman–Crippen MR) is 71.4 cm³/mol. The molecule has 2 rings (SSSR count). The molecule has 21 heavy (non-hydrogen) atoms. The van der Waals surface area contributed by atoms with Gasteiger partial charge in [0.25, 0.3) is 0 Å². The number of carbonyl (C=O) groups is 1. The number of carbonyl (C=O) groups excluding carboxylic acids is 1. The Morgan fingerprint density at radius 2 is 1.81 bits per heavy atom. The molecule has 0 atom stereocenters. The van der Waals surface area contributed by atoms with E-state index in [9.17, 15) is 22.0 Å². The van der Waals surface area contributed by atoms with Crippen molar-refractivity contribution in [1.82, 2.24) is 4.31 Å². The molecule has 4 N–H and O–H groups in total. The Bertz CT molecular complexity index is 671. The first kappa shape index (κ1) is 15.6. The molecule has 0 aromatic heterocycles. The first-order valence-corrected chi connectivity index (χ1v) is 7.71. The highest BCUT2D eigenvalue weighted by Crippen LogP contribution is 2.27. The molecule has 0 bridgehead atoms. The van der Waals surface area contributed by atoms with Gasteiger partial charge in [-0.15, -0.1) is 0 Å². The van der Waals surface area contributed by atoms with Gasteiger partial charge in [0.1, 0.15) is 4.90 Å². The highest BCUT2D eigenvalue weighted by atomic mass is 32.2. The minimum Gasteiger partial charge on any atom is -0.399 e. The van der Waals surface area contributed by atoms with Crippen LogP contribution in [-0.2, 0) is 14.8 Å². The van der Waals surface area contributed by atoms with Crippen molar-refractivity contribution >= 4 is 21.6 Å². The van der Waals surface area contributed by atoms with Crippen molar-refractivity contribution in [3.8, 4) is 0 Å². The number of primary amides is 1. The maximum atomic E-state index is 13.7. The molecule has 116 valence electrons. The molecule has 9 heteroatoms. The summed E-state index contributed by atoms with van der Waals surface area (Å²) in [4.78, 5) is 10.3. The lowest BCUT2D eigenvalue weighted by molar-refractivity contribution is -0.122. The summed E-state index contributed by atoms with van der Waals surface area (Å²) in [6.07, 6.45) is 0.502. The monoisotopic (exact) mass is 319 g/mol. The maximum Gasteiger partial charge on any atom is 0.246 e. The van der Waals surface area contributed by atoms with Crippen LogP contribution in [0.25, 0.3) is 0 Å². The lowest BCUT2D eigenvalue weighted by Crippen LogP contribution is -2.42. The lowest BCUT2D eigenvalue weighted by atomic mass is 9.98. The number of rotatable bonds is 3. The fourth-order valence-electron chi connectivity index (χ4n) is 2.29. The molecule has 1 fully saturated rings. The number of halogens is 2. The quantitative estimate of drug-likeness (QED) is 0.788. The first-order valence-electron chi connectivity index (χ1n) is 6.27. The van der Waals surface area contributed by atoms with E-state index in [1.165, 1.54) is 0 Å². The summed E-state index contributed by atoms with van der Waals surface area (Å²) < 4.78 is 52.7. The molecule has 1 amide bonds. The Morgan fingerprint density at radius 1 is 1.24 bits per heavy atom. The molecule has 1 heterocycles. The van der Waals surface area contributed by atoms with Gasteiger partial charge in [0.15, 0.2) is 11.6 Å². The number of nitrogens with two attached hydrogens (primary N) is 2. The van der Waals surface area contributed by atoms with Crippen LogP contribution in [0.2, 0.25) is 0 Å². The zero-order chi connectivity index (χ0) is 15.8. The van der Waals surface area contributed by atoms with Crippen molar-refractivity contribution in [2.45, 2.75) is 17.7 Å². The summed E-state index contributed by atoms with van der Waals surface area (Å²) in [6, 6.07) is 1.60. The zero-order valence-electron chi connectivity index (χ0n) is 11.1. The third-order valence-corrected chi connectivity index (χ3v) is 5.39. The molecule has 1 aromatic rings. The number of anilines is 1. The van der Waals surface area contributed by atoms with E-state index in [1.54, 1.807) is 0 Å². The number of nitrogens with zero attached hydrogens (tertiary/aromatic N) is 1. The van der Waals surface area contributed by atoms with Gasteiger partial charge in [-0.1, -0.05) is 0 Å². The van der Waals surface area contributed by atoms with E-state index >= 15 is 0 Å². The normalized spacial score (nSPS) is 17.8. The van der Waals surface area contributed by atoms with Crippen LogP contribution in [0.3, 0.4) is 0 Å².